The van der Waals surface area contributed by atoms with Gasteiger partial charge in [-0.1, -0.05) is 12.1 Å². The molecule has 1 aromatic heterocycles. The van der Waals surface area contributed by atoms with Crippen LogP contribution >= 0.6 is 0 Å². The molecule has 0 aliphatic rings. The molecule has 2 aromatic rings. The number of rotatable bonds is 5. The fraction of sp³-hybridized carbons (Fsp3) is 0.308. The SMILES string of the molecule is CCc1c(C=O)nnn1-c1ccc(OC)cc1OC. The molecule has 2 rings (SSSR count). The number of nitrogens with zero attached hydrogens (tertiary/aromatic N) is 3. The lowest BCUT2D eigenvalue weighted by atomic mass is 10.2. The van der Waals surface area contributed by atoms with Crippen LogP contribution in [0.4, 0.5) is 0 Å². The maximum atomic E-state index is 10.9. The largest absolute Gasteiger partial charge is 0.497 e. The Kier molecular flexibility index (Phi) is 3.79. The molecule has 6 heteroatoms. The third kappa shape index (κ3) is 2.29. The third-order valence-corrected chi connectivity index (χ3v) is 2.85. The molecule has 19 heavy (non-hydrogen) atoms. The van der Waals surface area contributed by atoms with Gasteiger partial charge in [-0.15, -0.1) is 5.10 Å². The van der Waals surface area contributed by atoms with Gasteiger partial charge in [-0.25, -0.2) is 4.68 Å². The normalized spacial score (nSPS) is 10.3. The van der Waals surface area contributed by atoms with Crippen LogP contribution in [0.25, 0.3) is 5.69 Å². The van der Waals surface area contributed by atoms with E-state index in [1.807, 2.05) is 13.0 Å². The Hall–Kier alpha value is -2.37. The highest BCUT2D eigenvalue weighted by molar-refractivity contribution is 5.73. The molecule has 1 heterocycles. The lowest BCUT2D eigenvalue weighted by molar-refractivity contribution is 0.111. The van der Waals surface area contributed by atoms with E-state index in [2.05, 4.69) is 10.3 Å². The van der Waals surface area contributed by atoms with Crippen molar-refractivity contribution in [2.24, 2.45) is 0 Å². The Labute approximate surface area is 110 Å². The van der Waals surface area contributed by atoms with Gasteiger partial charge in [0, 0.05) is 6.07 Å². The Morgan fingerprint density at radius 1 is 1.32 bits per heavy atom. The van der Waals surface area contributed by atoms with Crippen molar-refractivity contribution in [3.05, 3.63) is 29.6 Å². The highest BCUT2D eigenvalue weighted by atomic mass is 16.5. The van der Waals surface area contributed by atoms with E-state index in [1.165, 1.54) is 0 Å². The van der Waals surface area contributed by atoms with Crippen LogP contribution in [0, 0.1) is 0 Å². The predicted molar refractivity (Wildman–Crippen MR) is 69.2 cm³/mol. The van der Waals surface area contributed by atoms with Crippen molar-refractivity contribution in [1.82, 2.24) is 15.0 Å². The van der Waals surface area contributed by atoms with Crippen molar-refractivity contribution >= 4 is 6.29 Å². The Morgan fingerprint density at radius 3 is 2.68 bits per heavy atom. The standard InChI is InChI=1S/C13H15N3O3/c1-4-11-10(8-17)14-15-16(11)12-6-5-9(18-2)7-13(12)19-3/h5-8H,4H2,1-3H3. The van der Waals surface area contributed by atoms with Crippen molar-refractivity contribution in [2.75, 3.05) is 14.2 Å². The molecule has 1 aromatic carbocycles. The summed E-state index contributed by atoms with van der Waals surface area (Å²) in [6, 6.07) is 5.39. The Balaban J connectivity index is 2.58. The van der Waals surface area contributed by atoms with Gasteiger partial charge in [0.15, 0.2) is 6.29 Å². The summed E-state index contributed by atoms with van der Waals surface area (Å²) in [6.07, 6.45) is 1.36. The molecule has 0 spiro atoms. The number of hydrogen-bond donors (Lipinski definition) is 0. The number of hydrogen-bond acceptors (Lipinski definition) is 5. The summed E-state index contributed by atoms with van der Waals surface area (Å²) >= 11 is 0. The first-order valence-electron chi connectivity index (χ1n) is 5.87. The van der Waals surface area contributed by atoms with E-state index in [0.717, 1.165) is 11.4 Å². The van der Waals surface area contributed by atoms with Gasteiger partial charge in [0.05, 0.1) is 19.9 Å². The molecule has 0 saturated heterocycles. The maximum Gasteiger partial charge on any atom is 0.172 e. The molecule has 0 atom stereocenters. The molecule has 0 unspecified atom stereocenters. The predicted octanol–water partition coefficient (Wildman–Crippen LogP) is 1.66. The smallest absolute Gasteiger partial charge is 0.172 e. The summed E-state index contributed by atoms with van der Waals surface area (Å²) in [7, 11) is 3.16. The van der Waals surface area contributed by atoms with E-state index in [1.54, 1.807) is 31.0 Å². The molecule has 0 amide bonds. The van der Waals surface area contributed by atoms with Crippen LogP contribution in [0.1, 0.15) is 23.1 Å². The van der Waals surface area contributed by atoms with Crippen LogP contribution < -0.4 is 9.47 Å². The van der Waals surface area contributed by atoms with Gasteiger partial charge in [-0.3, -0.25) is 4.79 Å². The molecular weight excluding hydrogens is 246 g/mol. The van der Waals surface area contributed by atoms with Crippen molar-refractivity contribution in [1.29, 1.82) is 0 Å². The van der Waals surface area contributed by atoms with E-state index >= 15 is 0 Å². The Morgan fingerprint density at radius 2 is 2.11 bits per heavy atom. The second-order valence-electron chi connectivity index (χ2n) is 3.84. The third-order valence-electron chi connectivity index (χ3n) is 2.85. The van der Waals surface area contributed by atoms with E-state index in [-0.39, 0.29) is 0 Å². The molecular formula is C13H15N3O3. The van der Waals surface area contributed by atoms with Crippen molar-refractivity contribution in [3.63, 3.8) is 0 Å². The molecule has 100 valence electrons. The molecule has 0 aliphatic carbocycles. The quantitative estimate of drug-likeness (QED) is 0.766. The summed E-state index contributed by atoms with van der Waals surface area (Å²) in [5.74, 6) is 1.30. The zero-order valence-electron chi connectivity index (χ0n) is 11.1. The monoisotopic (exact) mass is 261 g/mol. The van der Waals surface area contributed by atoms with Gasteiger partial charge in [0.2, 0.25) is 0 Å². The minimum absolute atomic E-state index is 0.348. The number of aldehydes is 1. The van der Waals surface area contributed by atoms with Crippen molar-refractivity contribution in [2.45, 2.75) is 13.3 Å². The average molecular weight is 261 g/mol. The van der Waals surface area contributed by atoms with Crippen LogP contribution in [0.2, 0.25) is 0 Å². The molecule has 0 radical (unpaired) electrons. The summed E-state index contributed by atoms with van der Waals surface area (Å²) in [5.41, 5.74) is 1.82. The zero-order chi connectivity index (χ0) is 13.8. The first kappa shape index (κ1) is 13.1. The number of carbonyl (C=O) groups is 1. The second-order valence-corrected chi connectivity index (χ2v) is 3.84. The number of benzene rings is 1. The van der Waals surface area contributed by atoms with Crippen LogP contribution in [-0.4, -0.2) is 35.5 Å². The van der Waals surface area contributed by atoms with Gasteiger partial charge in [-0.2, -0.15) is 0 Å². The van der Waals surface area contributed by atoms with Gasteiger partial charge in [0.1, 0.15) is 22.9 Å². The van der Waals surface area contributed by atoms with Crippen molar-refractivity contribution in [3.8, 4) is 17.2 Å². The van der Waals surface area contributed by atoms with E-state index in [9.17, 15) is 4.79 Å². The van der Waals surface area contributed by atoms with E-state index < -0.39 is 0 Å². The molecule has 0 fully saturated rings. The topological polar surface area (TPSA) is 66.2 Å². The molecule has 0 aliphatic heterocycles. The van der Waals surface area contributed by atoms with Gasteiger partial charge in [0.25, 0.3) is 0 Å². The Bertz CT molecular complexity index is 593. The lowest BCUT2D eigenvalue weighted by Crippen LogP contribution is -2.05. The van der Waals surface area contributed by atoms with Crippen molar-refractivity contribution < 1.29 is 14.3 Å². The van der Waals surface area contributed by atoms with Gasteiger partial charge >= 0.3 is 0 Å². The summed E-state index contributed by atoms with van der Waals surface area (Å²) in [4.78, 5) is 10.9. The zero-order valence-corrected chi connectivity index (χ0v) is 11.1. The number of ether oxygens (including phenoxy) is 2. The minimum atomic E-state index is 0.348. The van der Waals surface area contributed by atoms with Gasteiger partial charge < -0.3 is 9.47 Å². The number of carbonyl (C=O) groups excluding carboxylic acids is 1. The van der Waals surface area contributed by atoms with Gasteiger partial charge in [-0.05, 0) is 18.6 Å². The first-order chi connectivity index (χ1) is 9.24. The van der Waals surface area contributed by atoms with E-state index in [4.69, 9.17) is 9.47 Å². The van der Waals surface area contributed by atoms with Crippen LogP contribution in [0.5, 0.6) is 11.5 Å². The van der Waals surface area contributed by atoms with E-state index in [0.29, 0.717) is 29.9 Å². The lowest BCUT2D eigenvalue weighted by Gasteiger charge is -2.11. The molecule has 0 N–H and O–H groups in total. The summed E-state index contributed by atoms with van der Waals surface area (Å²) < 4.78 is 12.1. The number of methoxy groups -OCH3 is 2. The first-order valence-corrected chi connectivity index (χ1v) is 5.87. The highest BCUT2D eigenvalue weighted by Crippen LogP contribution is 2.28. The number of aromatic nitrogens is 3. The summed E-state index contributed by atoms with van der Waals surface area (Å²) in [6.45, 7) is 1.94. The van der Waals surface area contributed by atoms with Crippen LogP contribution in [-0.2, 0) is 6.42 Å². The molecule has 6 nitrogen and oxygen atoms in total. The molecule has 0 bridgehead atoms. The fourth-order valence-corrected chi connectivity index (χ4v) is 1.89. The highest BCUT2D eigenvalue weighted by Gasteiger charge is 2.15. The average Bonchev–Trinajstić information content (AvgIpc) is 2.89. The maximum absolute atomic E-state index is 10.9. The van der Waals surface area contributed by atoms with Crippen LogP contribution in [0.15, 0.2) is 18.2 Å². The minimum Gasteiger partial charge on any atom is -0.497 e. The fourth-order valence-electron chi connectivity index (χ4n) is 1.89. The molecule has 0 saturated carbocycles. The van der Waals surface area contributed by atoms with Crippen LogP contribution in [0.3, 0.4) is 0 Å². The summed E-state index contributed by atoms with van der Waals surface area (Å²) in [5, 5.41) is 7.86. The second kappa shape index (κ2) is 5.51.